The van der Waals surface area contributed by atoms with Crippen LogP contribution in [-0.2, 0) is 16.1 Å². The third-order valence-corrected chi connectivity index (χ3v) is 2.38. The Morgan fingerprint density at radius 3 is 2.78 bits per heavy atom. The Bertz CT molecular complexity index is 434. The number of amides is 2. The number of nitrogens with zero attached hydrogens (tertiary/aromatic N) is 1. The minimum absolute atomic E-state index is 0.0780. The summed E-state index contributed by atoms with van der Waals surface area (Å²) in [5.41, 5.74) is 5.93. The van der Waals surface area contributed by atoms with Gasteiger partial charge >= 0.3 is 0 Å². The van der Waals surface area contributed by atoms with Crippen molar-refractivity contribution in [1.29, 1.82) is 0 Å². The van der Waals surface area contributed by atoms with Crippen molar-refractivity contribution in [2.24, 2.45) is 5.73 Å². The fourth-order valence-corrected chi connectivity index (χ4v) is 1.40. The maximum absolute atomic E-state index is 11.7. The molecule has 4 N–H and O–H groups in total. The van der Waals surface area contributed by atoms with E-state index in [0.29, 0.717) is 6.54 Å². The third-order valence-electron chi connectivity index (χ3n) is 2.38. The molecule has 1 rings (SSSR count). The summed E-state index contributed by atoms with van der Waals surface area (Å²) in [4.78, 5) is 24.0. The van der Waals surface area contributed by atoms with Crippen molar-refractivity contribution in [2.75, 3.05) is 20.1 Å². The van der Waals surface area contributed by atoms with Crippen LogP contribution in [-0.4, -0.2) is 42.0 Å². The van der Waals surface area contributed by atoms with Gasteiger partial charge in [0.25, 0.3) is 0 Å². The average molecular weight is 251 g/mol. The molecule has 0 bridgehead atoms. The van der Waals surface area contributed by atoms with Gasteiger partial charge in [0.1, 0.15) is 5.75 Å². The number of phenolic OH excluding ortho intramolecular Hbond substituents is 1. The Balaban J connectivity index is 2.47. The number of nitrogens with two attached hydrogens (primary N) is 1. The smallest absolute Gasteiger partial charge is 0.242 e. The number of benzene rings is 1. The van der Waals surface area contributed by atoms with E-state index in [9.17, 15) is 14.7 Å². The molecule has 0 spiro atoms. The molecule has 0 saturated carbocycles. The lowest BCUT2D eigenvalue weighted by Gasteiger charge is -2.17. The minimum atomic E-state index is -0.367. The second-order valence-corrected chi connectivity index (χ2v) is 3.90. The number of nitrogens with one attached hydrogen (secondary N) is 1. The van der Waals surface area contributed by atoms with E-state index in [0.717, 1.165) is 5.56 Å². The van der Waals surface area contributed by atoms with E-state index in [1.165, 1.54) is 4.90 Å². The van der Waals surface area contributed by atoms with Crippen LogP contribution in [0.1, 0.15) is 5.56 Å². The first kappa shape index (κ1) is 14.0. The zero-order valence-electron chi connectivity index (χ0n) is 10.2. The molecule has 0 aliphatic rings. The van der Waals surface area contributed by atoms with Gasteiger partial charge in [-0.3, -0.25) is 9.59 Å². The number of likely N-dealkylation sites (N-methyl/N-ethyl adjacent to an activating group) is 1. The van der Waals surface area contributed by atoms with E-state index in [4.69, 9.17) is 5.73 Å². The molecule has 0 aliphatic carbocycles. The Labute approximate surface area is 105 Å². The van der Waals surface area contributed by atoms with Crippen molar-refractivity contribution in [2.45, 2.75) is 6.54 Å². The standard InChI is InChI=1S/C12H17N3O3/c1-15(12(18)7-14-11(17)6-13)8-9-3-2-4-10(16)5-9/h2-5,16H,6-8,13H2,1H3,(H,14,17). The maximum atomic E-state index is 11.7. The Kier molecular flexibility index (Phi) is 5.13. The summed E-state index contributed by atoms with van der Waals surface area (Å²) in [6.45, 7) is 0.153. The maximum Gasteiger partial charge on any atom is 0.242 e. The van der Waals surface area contributed by atoms with Gasteiger partial charge in [-0.05, 0) is 17.7 Å². The summed E-state index contributed by atoms with van der Waals surface area (Å²) >= 11 is 0. The number of phenols is 1. The SMILES string of the molecule is CN(Cc1cccc(O)c1)C(=O)CNC(=O)CN. The monoisotopic (exact) mass is 251 g/mol. The number of carbonyl (C=O) groups is 2. The lowest BCUT2D eigenvalue weighted by Crippen LogP contribution is -2.40. The predicted molar refractivity (Wildman–Crippen MR) is 66.6 cm³/mol. The summed E-state index contributed by atoms with van der Waals surface area (Å²) in [5, 5.41) is 11.7. The zero-order chi connectivity index (χ0) is 13.5. The molecule has 2 amide bonds. The summed E-state index contributed by atoms with van der Waals surface area (Å²) in [7, 11) is 1.63. The molecular formula is C12H17N3O3. The van der Waals surface area contributed by atoms with E-state index in [1.807, 2.05) is 6.07 Å². The number of hydrogen-bond donors (Lipinski definition) is 3. The number of aromatic hydroxyl groups is 1. The van der Waals surface area contributed by atoms with Gasteiger partial charge in [0.15, 0.2) is 0 Å². The predicted octanol–water partition coefficient (Wildman–Crippen LogP) is -0.574. The summed E-state index contributed by atoms with van der Waals surface area (Å²) in [5.74, 6) is -0.431. The molecule has 1 aromatic carbocycles. The molecule has 98 valence electrons. The van der Waals surface area contributed by atoms with Gasteiger partial charge in [0.05, 0.1) is 13.1 Å². The molecule has 6 nitrogen and oxygen atoms in total. The molecule has 6 heteroatoms. The van der Waals surface area contributed by atoms with E-state index in [1.54, 1.807) is 25.2 Å². The van der Waals surface area contributed by atoms with Crippen LogP contribution < -0.4 is 11.1 Å². The normalized spacial score (nSPS) is 9.89. The van der Waals surface area contributed by atoms with E-state index < -0.39 is 0 Å². The average Bonchev–Trinajstić information content (AvgIpc) is 2.35. The van der Waals surface area contributed by atoms with Gasteiger partial charge in [-0.15, -0.1) is 0 Å². The highest BCUT2D eigenvalue weighted by Gasteiger charge is 2.10. The summed E-state index contributed by atoms with van der Waals surface area (Å²) < 4.78 is 0. The van der Waals surface area contributed by atoms with Gasteiger partial charge in [-0.2, -0.15) is 0 Å². The molecule has 0 atom stereocenters. The fourth-order valence-electron chi connectivity index (χ4n) is 1.40. The van der Waals surface area contributed by atoms with Crippen LogP contribution >= 0.6 is 0 Å². The molecular weight excluding hydrogens is 234 g/mol. The van der Waals surface area contributed by atoms with Crippen molar-refractivity contribution >= 4 is 11.8 Å². The fraction of sp³-hybridized carbons (Fsp3) is 0.333. The first-order valence-electron chi connectivity index (χ1n) is 5.51. The molecule has 0 aromatic heterocycles. The van der Waals surface area contributed by atoms with Gasteiger partial charge in [-0.1, -0.05) is 12.1 Å². The number of rotatable bonds is 5. The van der Waals surface area contributed by atoms with Crippen molar-refractivity contribution < 1.29 is 14.7 Å². The summed E-state index contributed by atoms with van der Waals surface area (Å²) in [6.07, 6.45) is 0. The van der Waals surface area contributed by atoms with Crippen molar-refractivity contribution in [3.05, 3.63) is 29.8 Å². The second kappa shape index (κ2) is 6.61. The van der Waals surface area contributed by atoms with Crippen LogP contribution in [0.2, 0.25) is 0 Å². The third kappa shape index (κ3) is 4.42. The molecule has 0 unspecified atom stereocenters. The van der Waals surface area contributed by atoms with Gasteiger partial charge in [-0.25, -0.2) is 0 Å². The lowest BCUT2D eigenvalue weighted by molar-refractivity contribution is -0.131. The van der Waals surface area contributed by atoms with Crippen LogP contribution in [0.15, 0.2) is 24.3 Å². The van der Waals surface area contributed by atoms with E-state index in [2.05, 4.69) is 5.32 Å². The molecule has 18 heavy (non-hydrogen) atoms. The highest BCUT2D eigenvalue weighted by molar-refractivity contribution is 5.85. The molecule has 0 aliphatic heterocycles. The van der Waals surface area contributed by atoms with E-state index >= 15 is 0 Å². The van der Waals surface area contributed by atoms with Crippen LogP contribution in [0.4, 0.5) is 0 Å². The quantitative estimate of drug-likeness (QED) is 0.652. The number of hydrogen-bond acceptors (Lipinski definition) is 4. The van der Waals surface area contributed by atoms with Gasteiger partial charge in [0, 0.05) is 13.6 Å². The molecule has 0 fully saturated rings. The number of carbonyl (C=O) groups excluding carboxylic acids is 2. The largest absolute Gasteiger partial charge is 0.508 e. The van der Waals surface area contributed by atoms with Crippen molar-refractivity contribution in [1.82, 2.24) is 10.2 Å². The van der Waals surface area contributed by atoms with Gasteiger partial charge < -0.3 is 21.1 Å². The van der Waals surface area contributed by atoms with Crippen LogP contribution in [0, 0.1) is 0 Å². The lowest BCUT2D eigenvalue weighted by atomic mass is 10.2. The van der Waals surface area contributed by atoms with Crippen molar-refractivity contribution in [3.63, 3.8) is 0 Å². The molecule has 0 radical (unpaired) electrons. The van der Waals surface area contributed by atoms with Crippen LogP contribution in [0.5, 0.6) is 5.75 Å². The van der Waals surface area contributed by atoms with Gasteiger partial charge in [0.2, 0.25) is 11.8 Å². The Morgan fingerprint density at radius 1 is 1.44 bits per heavy atom. The molecule has 0 heterocycles. The first-order valence-corrected chi connectivity index (χ1v) is 5.51. The molecule has 1 aromatic rings. The van der Waals surface area contributed by atoms with Crippen molar-refractivity contribution in [3.8, 4) is 5.75 Å². The zero-order valence-corrected chi connectivity index (χ0v) is 10.2. The van der Waals surface area contributed by atoms with Crippen LogP contribution in [0.25, 0.3) is 0 Å². The molecule has 0 saturated heterocycles. The Hall–Kier alpha value is -2.08. The topological polar surface area (TPSA) is 95.7 Å². The highest BCUT2D eigenvalue weighted by atomic mass is 16.3. The second-order valence-electron chi connectivity index (χ2n) is 3.90. The highest BCUT2D eigenvalue weighted by Crippen LogP contribution is 2.12. The first-order chi connectivity index (χ1) is 8.52. The Morgan fingerprint density at radius 2 is 2.17 bits per heavy atom. The van der Waals surface area contributed by atoms with E-state index in [-0.39, 0.29) is 30.7 Å². The minimum Gasteiger partial charge on any atom is -0.508 e. The summed E-state index contributed by atoms with van der Waals surface area (Å²) in [6, 6.07) is 6.66. The van der Waals surface area contributed by atoms with Crippen LogP contribution in [0.3, 0.4) is 0 Å².